The number of carbonyl (C=O) groups is 1. The summed E-state index contributed by atoms with van der Waals surface area (Å²) in [5.74, 6) is 0.0411. The Bertz CT molecular complexity index is 572. The number of thiocarbonyl (C=S) groups is 1. The maximum Gasteiger partial charge on any atom is 0.273 e. The second-order valence-electron chi connectivity index (χ2n) is 3.52. The molecule has 0 spiro atoms. The number of hydrogen-bond acceptors (Lipinski definition) is 4. The number of hydrogen-bond donors (Lipinski definition) is 3. The summed E-state index contributed by atoms with van der Waals surface area (Å²) in [6.45, 7) is 0. The molecule has 94 valence electrons. The molecule has 0 unspecified atom stereocenters. The molecule has 1 heterocycles. The molecule has 3 N–H and O–H groups in total. The zero-order chi connectivity index (χ0) is 13.3. The van der Waals surface area contributed by atoms with Gasteiger partial charge in [-0.05, 0) is 51.9 Å². The largest absolute Gasteiger partial charge is 0.503 e. The molecule has 1 saturated heterocycles. The van der Waals surface area contributed by atoms with E-state index >= 15 is 0 Å². The summed E-state index contributed by atoms with van der Waals surface area (Å²) in [6, 6.07) is 3.28. The first-order valence-electron chi connectivity index (χ1n) is 4.92. The first kappa shape index (κ1) is 12.8. The van der Waals surface area contributed by atoms with Crippen molar-refractivity contribution in [3.05, 3.63) is 27.9 Å². The number of phenols is 1. The molecular weight excluding hydrogens is 320 g/mol. The third-order valence-corrected chi connectivity index (χ3v) is 3.11. The van der Waals surface area contributed by atoms with Crippen LogP contribution in [0.25, 0.3) is 6.08 Å². The van der Waals surface area contributed by atoms with Crippen molar-refractivity contribution in [2.45, 2.75) is 0 Å². The molecular formula is C11H9BrN2O3S. The van der Waals surface area contributed by atoms with E-state index in [1.807, 2.05) is 0 Å². The highest BCUT2D eigenvalue weighted by Crippen LogP contribution is 2.35. The number of benzene rings is 1. The van der Waals surface area contributed by atoms with Gasteiger partial charge in [0, 0.05) is 0 Å². The molecule has 0 radical (unpaired) electrons. The molecule has 1 aromatic carbocycles. The average molecular weight is 329 g/mol. The first-order chi connectivity index (χ1) is 8.51. The number of halogens is 1. The van der Waals surface area contributed by atoms with Crippen molar-refractivity contribution in [3.8, 4) is 11.5 Å². The standard InChI is InChI=1S/C11H9BrN2O3S/c1-17-8-4-5(2-6(12)9(8)15)3-7-10(16)14-11(18)13-7/h2-4,15H,1H3,(H2,13,14,16,18)/b7-3-. The normalized spacial score (nSPS) is 16.7. The Morgan fingerprint density at radius 2 is 2.17 bits per heavy atom. The Labute approximate surface area is 117 Å². The molecule has 7 heteroatoms. The van der Waals surface area contributed by atoms with Crippen LogP contribution in [-0.2, 0) is 4.79 Å². The zero-order valence-corrected chi connectivity index (χ0v) is 11.7. The molecule has 1 fully saturated rings. The molecule has 0 aromatic heterocycles. The SMILES string of the molecule is COc1cc(/C=C2\NC(=S)NC2=O)cc(Br)c1O. The third kappa shape index (κ3) is 2.46. The smallest absolute Gasteiger partial charge is 0.273 e. The van der Waals surface area contributed by atoms with E-state index in [4.69, 9.17) is 17.0 Å². The Balaban J connectivity index is 2.41. The summed E-state index contributed by atoms with van der Waals surface area (Å²) >= 11 is 8.03. The minimum atomic E-state index is -0.289. The predicted octanol–water partition coefficient (Wildman–Crippen LogP) is 1.51. The summed E-state index contributed by atoms with van der Waals surface area (Å²) in [6.07, 6.45) is 1.61. The Hall–Kier alpha value is -1.60. The van der Waals surface area contributed by atoms with Crippen LogP contribution in [0, 0.1) is 0 Å². The highest BCUT2D eigenvalue weighted by atomic mass is 79.9. The number of rotatable bonds is 2. The quantitative estimate of drug-likeness (QED) is 0.567. The molecule has 1 aliphatic heterocycles. The fraction of sp³-hybridized carbons (Fsp3) is 0.0909. The lowest BCUT2D eigenvalue weighted by molar-refractivity contribution is -0.115. The molecule has 0 atom stereocenters. The number of carbonyl (C=O) groups excluding carboxylic acids is 1. The molecule has 1 amide bonds. The van der Waals surface area contributed by atoms with Gasteiger partial charge in [-0.3, -0.25) is 10.1 Å². The Morgan fingerprint density at radius 1 is 1.44 bits per heavy atom. The fourth-order valence-electron chi connectivity index (χ4n) is 1.48. The van der Waals surface area contributed by atoms with Crippen molar-refractivity contribution in [2.75, 3.05) is 7.11 Å². The van der Waals surface area contributed by atoms with Gasteiger partial charge in [-0.2, -0.15) is 0 Å². The van der Waals surface area contributed by atoms with Crippen LogP contribution in [0.4, 0.5) is 0 Å². The van der Waals surface area contributed by atoms with Crippen LogP contribution >= 0.6 is 28.1 Å². The van der Waals surface area contributed by atoms with E-state index < -0.39 is 0 Å². The van der Waals surface area contributed by atoms with Crippen molar-refractivity contribution in [1.29, 1.82) is 0 Å². The average Bonchev–Trinajstić information content (AvgIpc) is 2.62. The highest BCUT2D eigenvalue weighted by molar-refractivity contribution is 9.10. The van der Waals surface area contributed by atoms with E-state index in [2.05, 4.69) is 26.6 Å². The second kappa shape index (κ2) is 4.95. The monoisotopic (exact) mass is 328 g/mol. The van der Waals surface area contributed by atoms with Gasteiger partial charge in [0.15, 0.2) is 16.6 Å². The molecule has 2 rings (SSSR count). The number of methoxy groups -OCH3 is 1. The lowest BCUT2D eigenvalue weighted by atomic mass is 10.1. The summed E-state index contributed by atoms with van der Waals surface area (Å²) in [5.41, 5.74) is 1.04. The molecule has 0 saturated carbocycles. The molecule has 1 aromatic rings. The number of nitrogens with one attached hydrogen (secondary N) is 2. The minimum Gasteiger partial charge on any atom is -0.503 e. The van der Waals surface area contributed by atoms with E-state index in [1.54, 1.807) is 18.2 Å². The van der Waals surface area contributed by atoms with Crippen LogP contribution in [0.2, 0.25) is 0 Å². The molecule has 0 aliphatic carbocycles. The topological polar surface area (TPSA) is 70.6 Å². The van der Waals surface area contributed by atoms with Gasteiger partial charge >= 0.3 is 0 Å². The zero-order valence-electron chi connectivity index (χ0n) is 9.28. The van der Waals surface area contributed by atoms with E-state index in [0.29, 0.717) is 21.5 Å². The van der Waals surface area contributed by atoms with Crippen LogP contribution in [0.1, 0.15) is 5.56 Å². The van der Waals surface area contributed by atoms with E-state index in [1.165, 1.54) is 7.11 Å². The van der Waals surface area contributed by atoms with Gasteiger partial charge in [-0.25, -0.2) is 0 Å². The Morgan fingerprint density at radius 3 is 2.72 bits per heavy atom. The van der Waals surface area contributed by atoms with Crippen LogP contribution in [0.15, 0.2) is 22.3 Å². The van der Waals surface area contributed by atoms with Crippen molar-refractivity contribution in [3.63, 3.8) is 0 Å². The summed E-state index contributed by atoms with van der Waals surface area (Å²) in [7, 11) is 1.45. The molecule has 1 aliphatic rings. The molecule has 5 nitrogen and oxygen atoms in total. The summed E-state index contributed by atoms with van der Waals surface area (Å²) in [5, 5.41) is 15.1. The summed E-state index contributed by atoms with van der Waals surface area (Å²) in [4.78, 5) is 11.5. The van der Waals surface area contributed by atoms with Crippen LogP contribution in [-0.4, -0.2) is 23.2 Å². The number of amides is 1. The van der Waals surface area contributed by atoms with Gasteiger partial charge in [0.05, 0.1) is 11.6 Å². The fourth-order valence-corrected chi connectivity index (χ4v) is 2.14. The second-order valence-corrected chi connectivity index (χ2v) is 4.78. The van der Waals surface area contributed by atoms with Crippen LogP contribution in [0.5, 0.6) is 11.5 Å². The first-order valence-corrected chi connectivity index (χ1v) is 6.12. The molecule has 18 heavy (non-hydrogen) atoms. The van der Waals surface area contributed by atoms with Crippen molar-refractivity contribution in [1.82, 2.24) is 10.6 Å². The Kier molecular flexibility index (Phi) is 3.53. The highest BCUT2D eigenvalue weighted by Gasteiger charge is 2.20. The van der Waals surface area contributed by atoms with Gasteiger partial charge in [-0.15, -0.1) is 0 Å². The predicted molar refractivity (Wildman–Crippen MR) is 74.2 cm³/mol. The van der Waals surface area contributed by atoms with Gasteiger partial charge in [0.2, 0.25) is 0 Å². The lowest BCUT2D eigenvalue weighted by Crippen LogP contribution is -2.21. The van der Waals surface area contributed by atoms with E-state index in [0.717, 1.165) is 0 Å². The van der Waals surface area contributed by atoms with Gasteiger partial charge in [-0.1, -0.05) is 0 Å². The van der Waals surface area contributed by atoms with Crippen molar-refractivity contribution >= 4 is 45.2 Å². The van der Waals surface area contributed by atoms with Gasteiger partial charge in [0.1, 0.15) is 5.70 Å². The van der Waals surface area contributed by atoms with Crippen molar-refractivity contribution in [2.24, 2.45) is 0 Å². The van der Waals surface area contributed by atoms with Crippen LogP contribution < -0.4 is 15.4 Å². The summed E-state index contributed by atoms with van der Waals surface area (Å²) < 4.78 is 5.50. The minimum absolute atomic E-state index is 0.0130. The third-order valence-electron chi connectivity index (χ3n) is 2.30. The number of aromatic hydroxyl groups is 1. The van der Waals surface area contributed by atoms with E-state index in [9.17, 15) is 9.90 Å². The number of phenolic OH excluding ortho intramolecular Hbond substituents is 1. The van der Waals surface area contributed by atoms with Crippen molar-refractivity contribution < 1.29 is 14.6 Å². The maximum atomic E-state index is 11.5. The van der Waals surface area contributed by atoms with Gasteiger partial charge in [0.25, 0.3) is 5.91 Å². The van der Waals surface area contributed by atoms with Crippen LogP contribution in [0.3, 0.4) is 0 Å². The van der Waals surface area contributed by atoms with E-state index in [-0.39, 0.29) is 16.8 Å². The maximum absolute atomic E-state index is 11.5. The van der Waals surface area contributed by atoms with Gasteiger partial charge < -0.3 is 15.2 Å². The molecule has 0 bridgehead atoms. The lowest BCUT2D eigenvalue weighted by Gasteiger charge is -2.06. The number of ether oxygens (including phenoxy) is 1.